The number of amides is 1. The van der Waals surface area contributed by atoms with Crippen LogP contribution in [0, 0.1) is 0 Å². The number of rotatable bonds is 3. The van der Waals surface area contributed by atoms with E-state index in [4.69, 9.17) is 4.74 Å². The summed E-state index contributed by atoms with van der Waals surface area (Å²) in [5.41, 5.74) is 0.670. The van der Waals surface area contributed by atoms with Crippen molar-refractivity contribution in [3.05, 3.63) is 29.8 Å². The lowest BCUT2D eigenvalue weighted by Crippen LogP contribution is -2.20. The minimum atomic E-state index is -0.0609. The highest BCUT2D eigenvalue weighted by Crippen LogP contribution is 2.23. The van der Waals surface area contributed by atoms with Crippen molar-refractivity contribution in [2.24, 2.45) is 0 Å². The van der Waals surface area contributed by atoms with Gasteiger partial charge < -0.3 is 10.1 Å². The Labute approximate surface area is 102 Å². The summed E-state index contributed by atoms with van der Waals surface area (Å²) in [6.07, 6.45) is 6.51. The number of carbonyl (C=O) groups is 1. The molecule has 1 amide bonds. The van der Waals surface area contributed by atoms with E-state index in [0.717, 1.165) is 18.6 Å². The molecule has 1 saturated carbocycles. The van der Waals surface area contributed by atoms with E-state index >= 15 is 0 Å². The summed E-state index contributed by atoms with van der Waals surface area (Å²) in [5, 5.41) is 2.60. The number of hydrogen-bond donors (Lipinski definition) is 1. The topological polar surface area (TPSA) is 38.3 Å². The summed E-state index contributed by atoms with van der Waals surface area (Å²) < 4.78 is 5.89. The smallest absolute Gasteiger partial charge is 0.251 e. The molecule has 0 radical (unpaired) electrons. The molecule has 1 fully saturated rings. The second-order valence-electron chi connectivity index (χ2n) is 4.48. The van der Waals surface area contributed by atoms with E-state index in [1.54, 1.807) is 19.2 Å². The van der Waals surface area contributed by atoms with Crippen molar-refractivity contribution < 1.29 is 9.53 Å². The van der Waals surface area contributed by atoms with Crippen molar-refractivity contribution in [2.45, 2.75) is 38.2 Å². The van der Waals surface area contributed by atoms with Crippen LogP contribution >= 0.6 is 0 Å². The van der Waals surface area contributed by atoms with Crippen LogP contribution in [0.3, 0.4) is 0 Å². The Morgan fingerprint density at radius 3 is 2.41 bits per heavy atom. The summed E-state index contributed by atoms with van der Waals surface area (Å²) in [7, 11) is 1.63. The lowest BCUT2D eigenvalue weighted by atomic mass is 9.98. The van der Waals surface area contributed by atoms with Crippen molar-refractivity contribution in [1.82, 2.24) is 5.32 Å². The van der Waals surface area contributed by atoms with Gasteiger partial charge in [0, 0.05) is 12.6 Å². The molecular formula is C14H19NO2. The van der Waals surface area contributed by atoms with Gasteiger partial charge in [0.05, 0.1) is 6.10 Å². The predicted molar refractivity (Wildman–Crippen MR) is 67.3 cm³/mol. The molecule has 3 nitrogen and oxygen atoms in total. The second-order valence-corrected chi connectivity index (χ2v) is 4.48. The number of ether oxygens (including phenoxy) is 1. The van der Waals surface area contributed by atoms with Crippen LogP contribution in [0.2, 0.25) is 0 Å². The third-order valence-electron chi connectivity index (χ3n) is 3.20. The Balaban J connectivity index is 1.95. The lowest BCUT2D eigenvalue weighted by Gasteiger charge is -2.23. The molecule has 0 spiro atoms. The number of benzene rings is 1. The summed E-state index contributed by atoms with van der Waals surface area (Å²) in [6.45, 7) is 0. The first-order valence-corrected chi connectivity index (χ1v) is 6.28. The van der Waals surface area contributed by atoms with Crippen molar-refractivity contribution in [2.75, 3.05) is 7.05 Å². The van der Waals surface area contributed by atoms with Gasteiger partial charge in [-0.3, -0.25) is 4.79 Å². The third kappa shape index (κ3) is 3.22. The first-order chi connectivity index (χ1) is 8.29. The summed E-state index contributed by atoms with van der Waals surface area (Å²) in [5.74, 6) is 0.804. The van der Waals surface area contributed by atoms with Gasteiger partial charge in [0.2, 0.25) is 0 Å². The Morgan fingerprint density at radius 2 is 1.82 bits per heavy atom. The van der Waals surface area contributed by atoms with Crippen LogP contribution in [0.1, 0.15) is 42.5 Å². The molecule has 3 heteroatoms. The highest BCUT2D eigenvalue weighted by molar-refractivity contribution is 5.94. The van der Waals surface area contributed by atoms with Gasteiger partial charge in [0.15, 0.2) is 0 Å². The molecular weight excluding hydrogens is 214 g/mol. The molecule has 0 aromatic heterocycles. The minimum Gasteiger partial charge on any atom is -0.490 e. The molecule has 1 N–H and O–H groups in total. The average molecular weight is 233 g/mol. The van der Waals surface area contributed by atoms with Crippen molar-refractivity contribution in [3.63, 3.8) is 0 Å². The Morgan fingerprint density at radius 1 is 1.18 bits per heavy atom. The zero-order valence-electron chi connectivity index (χ0n) is 10.2. The monoisotopic (exact) mass is 233 g/mol. The van der Waals surface area contributed by atoms with E-state index in [1.807, 2.05) is 12.1 Å². The van der Waals surface area contributed by atoms with E-state index in [9.17, 15) is 4.79 Å². The molecule has 0 atom stereocenters. The first-order valence-electron chi connectivity index (χ1n) is 6.28. The molecule has 1 aromatic carbocycles. The van der Waals surface area contributed by atoms with E-state index in [2.05, 4.69) is 5.32 Å². The molecule has 0 bridgehead atoms. The van der Waals surface area contributed by atoms with Gasteiger partial charge in [0.25, 0.3) is 5.91 Å². The zero-order valence-corrected chi connectivity index (χ0v) is 10.2. The van der Waals surface area contributed by atoms with Crippen LogP contribution in [-0.4, -0.2) is 19.1 Å². The molecule has 1 aliphatic carbocycles. The number of carbonyl (C=O) groups excluding carboxylic acids is 1. The summed E-state index contributed by atoms with van der Waals surface area (Å²) in [4.78, 5) is 11.4. The van der Waals surface area contributed by atoms with Crippen LogP contribution in [0.25, 0.3) is 0 Å². The van der Waals surface area contributed by atoms with Gasteiger partial charge in [-0.2, -0.15) is 0 Å². The van der Waals surface area contributed by atoms with Gasteiger partial charge in [-0.25, -0.2) is 0 Å². The molecule has 17 heavy (non-hydrogen) atoms. The maximum atomic E-state index is 11.4. The quantitative estimate of drug-likeness (QED) is 0.871. The molecule has 1 aromatic rings. The maximum absolute atomic E-state index is 11.4. The normalized spacial score (nSPS) is 16.5. The van der Waals surface area contributed by atoms with Gasteiger partial charge in [0.1, 0.15) is 5.75 Å². The molecule has 1 aliphatic rings. The molecule has 0 aliphatic heterocycles. The zero-order chi connectivity index (χ0) is 12.1. The fourth-order valence-corrected chi connectivity index (χ4v) is 2.20. The maximum Gasteiger partial charge on any atom is 0.251 e. The fourth-order valence-electron chi connectivity index (χ4n) is 2.20. The van der Waals surface area contributed by atoms with Crippen LogP contribution in [-0.2, 0) is 0 Å². The van der Waals surface area contributed by atoms with Gasteiger partial charge in [-0.1, -0.05) is 6.42 Å². The molecule has 2 rings (SSSR count). The van der Waals surface area contributed by atoms with Crippen LogP contribution in [0.5, 0.6) is 5.75 Å². The molecule has 92 valence electrons. The van der Waals surface area contributed by atoms with Gasteiger partial charge >= 0.3 is 0 Å². The van der Waals surface area contributed by atoms with E-state index in [-0.39, 0.29) is 5.91 Å². The number of hydrogen-bond acceptors (Lipinski definition) is 2. The first kappa shape index (κ1) is 12.0. The van der Waals surface area contributed by atoms with Gasteiger partial charge in [-0.15, -0.1) is 0 Å². The number of nitrogens with one attached hydrogen (secondary N) is 1. The highest BCUT2D eigenvalue weighted by Gasteiger charge is 2.14. The molecule has 0 unspecified atom stereocenters. The van der Waals surface area contributed by atoms with Crippen molar-refractivity contribution in [1.29, 1.82) is 0 Å². The van der Waals surface area contributed by atoms with Gasteiger partial charge in [-0.05, 0) is 49.9 Å². The Kier molecular flexibility index (Phi) is 4.02. The summed E-state index contributed by atoms with van der Waals surface area (Å²) >= 11 is 0. The van der Waals surface area contributed by atoms with E-state index in [1.165, 1.54) is 19.3 Å². The van der Waals surface area contributed by atoms with Crippen LogP contribution in [0.15, 0.2) is 24.3 Å². The molecule has 0 saturated heterocycles. The average Bonchev–Trinajstić information content (AvgIpc) is 2.40. The van der Waals surface area contributed by atoms with Crippen molar-refractivity contribution in [3.8, 4) is 5.75 Å². The molecule has 0 heterocycles. The second kappa shape index (κ2) is 5.71. The van der Waals surface area contributed by atoms with E-state index in [0.29, 0.717) is 11.7 Å². The Hall–Kier alpha value is -1.51. The lowest BCUT2D eigenvalue weighted by molar-refractivity contribution is 0.0963. The fraction of sp³-hybridized carbons (Fsp3) is 0.500. The highest BCUT2D eigenvalue weighted by atomic mass is 16.5. The SMILES string of the molecule is CNC(=O)c1ccc(OC2CCCCC2)cc1. The standard InChI is InChI=1S/C14H19NO2/c1-15-14(16)11-7-9-13(10-8-11)17-12-5-3-2-4-6-12/h7-10,12H,2-6H2,1H3,(H,15,16). The van der Waals surface area contributed by atoms with Crippen LogP contribution < -0.4 is 10.1 Å². The Bertz CT molecular complexity index is 366. The third-order valence-corrected chi connectivity index (χ3v) is 3.20. The predicted octanol–water partition coefficient (Wildman–Crippen LogP) is 2.76. The van der Waals surface area contributed by atoms with Crippen molar-refractivity contribution >= 4 is 5.91 Å². The van der Waals surface area contributed by atoms with Crippen LogP contribution in [0.4, 0.5) is 0 Å². The summed E-state index contributed by atoms with van der Waals surface area (Å²) in [6, 6.07) is 7.35. The minimum absolute atomic E-state index is 0.0609. The van der Waals surface area contributed by atoms with E-state index < -0.39 is 0 Å². The largest absolute Gasteiger partial charge is 0.490 e.